The van der Waals surface area contributed by atoms with E-state index >= 15 is 0 Å². The van der Waals surface area contributed by atoms with Crippen LogP contribution >= 0.6 is 11.8 Å². The average Bonchev–Trinajstić information content (AvgIpc) is 3.25. The molecule has 0 saturated carbocycles. The first-order chi connectivity index (χ1) is 14.7. The van der Waals surface area contributed by atoms with Gasteiger partial charge in [-0.1, -0.05) is 17.8 Å². The van der Waals surface area contributed by atoms with Gasteiger partial charge in [0.05, 0.1) is 17.1 Å². The molecule has 3 aromatic heterocycles. The Labute approximate surface area is 187 Å². The Kier molecular flexibility index (Phi) is 6.01. The number of hydrogen-bond acceptors (Lipinski definition) is 6. The molecule has 0 aliphatic carbocycles. The minimum atomic E-state index is -0.0896. The Bertz CT molecular complexity index is 1060. The fourth-order valence-corrected chi connectivity index (χ4v) is 4.74. The van der Waals surface area contributed by atoms with Crippen molar-refractivity contribution >= 4 is 29.1 Å². The van der Waals surface area contributed by atoms with Gasteiger partial charge in [0.2, 0.25) is 5.91 Å². The second-order valence-corrected chi connectivity index (χ2v) is 10.2. The van der Waals surface area contributed by atoms with E-state index in [1.807, 2.05) is 43.1 Å². The van der Waals surface area contributed by atoms with Gasteiger partial charge in [0, 0.05) is 30.7 Å². The van der Waals surface area contributed by atoms with Gasteiger partial charge in [0.1, 0.15) is 17.2 Å². The van der Waals surface area contributed by atoms with E-state index in [-0.39, 0.29) is 17.4 Å². The first kappa shape index (κ1) is 21.7. The van der Waals surface area contributed by atoms with E-state index in [0.717, 1.165) is 48.0 Å². The Morgan fingerprint density at radius 3 is 2.81 bits per heavy atom. The monoisotopic (exact) mass is 441 g/mol. The van der Waals surface area contributed by atoms with E-state index in [1.165, 1.54) is 11.8 Å². The minimum Gasteiger partial charge on any atom is -0.437 e. The number of aromatic nitrogens is 3. The van der Waals surface area contributed by atoms with Crippen LogP contribution in [0.3, 0.4) is 0 Å². The summed E-state index contributed by atoms with van der Waals surface area (Å²) >= 11 is 1.37. The lowest BCUT2D eigenvalue weighted by atomic mass is 9.94. The summed E-state index contributed by atoms with van der Waals surface area (Å²) in [6, 6.07) is 6.05. The molecule has 0 spiro atoms. The van der Waals surface area contributed by atoms with E-state index in [0.29, 0.717) is 17.5 Å². The summed E-state index contributed by atoms with van der Waals surface area (Å²) < 4.78 is 7.71. The van der Waals surface area contributed by atoms with Crippen molar-refractivity contribution in [2.75, 3.05) is 24.2 Å². The molecule has 1 N–H and O–H groups in total. The molecule has 1 atom stereocenters. The highest BCUT2D eigenvalue weighted by molar-refractivity contribution is 7.99. The van der Waals surface area contributed by atoms with Crippen LogP contribution in [0.25, 0.3) is 5.65 Å². The summed E-state index contributed by atoms with van der Waals surface area (Å²) in [5.41, 5.74) is 2.76. The number of piperidine rings is 1. The fraction of sp³-hybridized carbons (Fsp3) is 0.522. The number of aryl methyl sites for hydroxylation is 2. The highest BCUT2D eigenvalue weighted by Gasteiger charge is 2.30. The zero-order chi connectivity index (χ0) is 22.2. The molecule has 1 saturated heterocycles. The number of thioether (sulfide) groups is 1. The first-order valence-electron chi connectivity index (χ1n) is 10.8. The first-order valence-corrected chi connectivity index (χ1v) is 11.8. The SMILES string of the molecule is Cc1nc(SCC(=O)N2CCCC(c3nc4ccccn4c3NC(C)(C)C)C2)oc1C. The van der Waals surface area contributed by atoms with Crippen LogP contribution in [0.15, 0.2) is 34.0 Å². The van der Waals surface area contributed by atoms with Crippen LogP contribution in [-0.4, -0.2) is 49.6 Å². The molecular formula is C23H31N5O2S. The second kappa shape index (κ2) is 8.57. The van der Waals surface area contributed by atoms with Crippen molar-refractivity contribution in [2.45, 2.75) is 64.1 Å². The minimum absolute atomic E-state index is 0.0896. The molecule has 4 heterocycles. The van der Waals surface area contributed by atoms with E-state index in [1.54, 1.807) is 0 Å². The molecule has 1 aliphatic heterocycles. The van der Waals surface area contributed by atoms with E-state index in [4.69, 9.17) is 9.40 Å². The van der Waals surface area contributed by atoms with Gasteiger partial charge in [-0.15, -0.1) is 0 Å². The topological polar surface area (TPSA) is 75.7 Å². The van der Waals surface area contributed by atoms with Gasteiger partial charge >= 0.3 is 0 Å². The van der Waals surface area contributed by atoms with Crippen molar-refractivity contribution in [1.82, 2.24) is 19.3 Å². The van der Waals surface area contributed by atoms with Crippen LogP contribution in [0.1, 0.15) is 56.7 Å². The molecule has 1 unspecified atom stereocenters. The molecule has 3 aromatic rings. The highest BCUT2D eigenvalue weighted by Crippen LogP contribution is 2.34. The third kappa shape index (κ3) is 4.89. The largest absolute Gasteiger partial charge is 0.437 e. The Balaban J connectivity index is 1.51. The summed E-state index contributed by atoms with van der Waals surface area (Å²) in [4.78, 5) is 24.2. The van der Waals surface area contributed by atoms with Gasteiger partial charge in [0.25, 0.3) is 5.22 Å². The average molecular weight is 442 g/mol. The zero-order valence-electron chi connectivity index (χ0n) is 18.9. The molecule has 4 rings (SSSR count). The number of oxazole rings is 1. The lowest BCUT2D eigenvalue weighted by molar-refractivity contribution is -0.129. The molecule has 0 aromatic carbocycles. The van der Waals surface area contributed by atoms with E-state index in [9.17, 15) is 4.79 Å². The van der Waals surface area contributed by atoms with Crippen LogP contribution in [-0.2, 0) is 4.79 Å². The molecule has 8 heteroatoms. The van der Waals surface area contributed by atoms with Crippen molar-refractivity contribution in [1.29, 1.82) is 0 Å². The van der Waals surface area contributed by atoms with Crippen LogP contribution < -0.4 is 5.32 Å². The van der Waals surface area contributed by atoms with Crippen molar-refractivity contribution in [3.8, 4) is 0 Å². The van der Waals surface area contributed by atoms with Gasteiger partial charge in [0.15, 0.2) is 0 Å². The third-order valence-corrected chi connectivity index (χ3v) is 6.35. The maximum absolute atomic E-state index is 12.9. The summed E-state index contributed by atoms with van der Waals surface area (Å²) in [5, 5.41) is 4.20. The molecule has 0 bridgehead atoms. The number of amides is 1. The number of imidazole rings is 1. The summed E-state index contributed by atoms with van der Waals surface area (Å²) in [6.07, 6.45) is 4.04. The standard InChI is InChI=1S/C23H31N5O2S/c1-15-16(2)30-22(24-15)31-14-19(29)27-11-8-9-17(13-27)20-21(26-23(3,4)5)28-12-7-6-10-18(28)25-20/h6-7,10,12,17,26H,8-9,11,13-14H2,1-5H3. The Hall–Kier alpha value is -2.48. The van der Waals surface area contributed by atoms with Gasteiger partial charge in [-0.2, -0.15) is 0 Å². The predicted molar refractivity (Wildman–Crippen MR) is 124 cm³/mol. The lowest BCUT2D eigenvalue weighted by Crippen LogP contribution is -2.40. The summed E-state index contributed by atoms with van der Waals surface area (Å²) in [6.45, 7) is 11.7. The zero-order valence-corrected chi connectivity index (χ0v) is 19.8. The van der Waals surface area contributed by atoms with Gasteiger partial charge in [-0.3, -0.25) is 9.20 Å². The maximum Gasteiger partial charge on any atom is 0.256 e. The number of pyridine rings is 1. The number of carbonyl (C=O) groups is 1. The van der Waals surface area contributed by atoms with Crippen LogP contribution in [0.5, 0.6) is 0 Å². The molecule has 7 nitrogen and oxygen atoms in total. The van der Waals surface area contributed by atoms with E-state index in [2.05, 4.69) is 35.5 Å². The quantitative estimate of drug-likeness (QED) is 0.581. The predicted octanol–water partition coefficient (Wildman–Crippen LogP) is 4.65. The molecule has 166 valence electrons. The number of anilines is 1. The van der Waals surface area contributed by atoms with Crippen molar-refractivity contribution in [3.05, 3.63) is 41.5 Å². The second-order valence-electron chi connectivity index (χ2n) is 9.24. The number of fused-ring (bicyclic) bond motifs is 1. The number of rotatable bonds is 5. The summed E-state index contributed by atoms with van der Waals surface area (Å²) in [5.74, 6) is 2.50. The number of likely N-dealkylation sites (tertiary alicyclic amines) is 1. The van der Waals surface area contributed by atoms with E-state index < -0.39 is 0 Å². The van der Waals surface area contributed by atoms with Crippen molar-refractivity contribution in [2.24, 2.45) is 0 Å². The molecule has 1 aliphatic rings. The smallest absolute Gasteiger partial charge is 0.256 e. The lowest BCUT2D eigenvalue weighted by Gasteiger charge is -2.33. The highest BCUT2D eigenvalue weighted by atomic mass is 32.2. The normalized spacial score (nSPS) is 17.3. The molecule has 0 radical (unpaired) electrons. The van der Waals surface area contributed by atoms with Gasteiger partial charge in [-0.05, 0) is 59.6 Å². The van der Waals surface area contributed by atoms with Crippen LogP contribution in [0.4, 0.5) is 5.82 Å². The Morgan fingerprint density at radius 2 is 2.10 bits per heavy atom. The number of hydrogen-bond donors (Lipinski definition) is 1. The van der Waals surface area contributed by atoms with Gasteiger partial charge < -0.3 is 14.6 Å². The van der Waals surface area contributed by atoms with Crippen molar-refractivity contribution < 1.29 is 9.21 Å². The fourth-order valence-electron chi connectivity index (χ4n) is 3.92. The molecule has 1 amide bonds. The number of nitrogens with one attached hydrogen (secondary N) is 1. The molecular weight excluding hydrogens is 410 g/mol. The van der Waals surface area contributed by atoms with Crippen LogP contribution in [0.2, 0.25) is 0 Å². The molecule has 31 heavy (non-hydrogen) atoms. The van der Waals surface area contributed by atoms with Gasteiger partial charge in [-0.25, -0.2) is 9.97 Å². The van der Waals surface area contributed by atoms with Crippen LogP contribution in [0, 0.1) is 13.8 Å². The summed E-state index contributed by atoms with van der Waals surface area (Å²) in [7, 11) is 0. The number of nitrogens with zero attached hydrogens (tertiary/aromatic N) is 4. The molecule has 1 fully saturated rings. The Morgan fingerprint density at radius 1 is 1.29 bits per heavy atom. The number of carbonyl (C=O) groups excluding carboxylic acids is 1. The third-order valence-electron chi connectivity index (χ3n) is 5.54. The van der Waals surface area contributed by atoms with Crippen molar-refractivity contribution in [3.63, 3.8) is 0 Å². The maximum atomic E-state index is 12.9.